The Kier molecular flexibility index (Phi) is 2.30. The van der Waals surface area contributed by atoms with Gasteiger partial charge < -0.3 is 5.32 Å². The highest BCUT2D eigenvalue weighted by Gasteiger charge is 2.60. The summed E-state index contributed by atoms with van der Waals surface area (Å²) in [5.74, 6) is 1.63. The highest BCUT2D eigenvalue weighted by atomic mass is 15.5. The highest BCUT2D eigenvalue weighted by molar-refractivity contribution is 5.13. The maximum absolute atomic E-state index is 3.99. The van der Waals surface area contributed by atoms with Gasteiger partial charge in [0.25, 0.3) is 0 Å². The maximum atomic E-state index is 3.99. The molecular weight excluding hydrogens is 214 g/mol. The molecule has 0 spiro atoms. The van der Waals surface area contributed by atoms with Gasteiger partial charge in [-0.25, -0.2) is 0 Å². The van der Waals surface area contributed by atoms with Gasteiger partial charge in [-0.15, -0.1) is 10.2 Å². The van der Waals surface area contributed by atoms with E-state index in [4.69, 9.17) is 0 Å². The summed E-state index contributed by atoms with van der Waals surface area (Å²) in [7, 11) is 0. The Morgan fingerprint density at radius 1 is 1.41 bits per heavy atom. The Hall–Kier alpha value is -0.970. The van der Waals surface area contributed by atoms with Crippen LogP contribution < -0.4 is 5.32 Å². The fourth-order valence-electron chi connectivity index (χ4n) is 3.98. The predicted molar refractivity (Wildman–Crippen MR) is 64.0 cm³/mol. The lowest BCUT2D eigenvalue weighted by atomic mass is 9.69. The van der Waals surface area contributed by atoms with E-state index in [9.17, 15) is 0 Å². The molecule has 0 amide bonds. The van der Waals surface area contributed by atoms with Crippen LogP contribution in [0.25, 0.3) is 0 Å². The molecule has 2 bridgehead atoms. The van der Waals surface area contributed by atoms with Crippen LogP contribution in [0.5, 0.6) is 0 Å². The van der Waals surface area contributed by atoms with Crippen LogP contribution in [0.4, 0.5) is 0 Å². The molecule has 2 aliphatic rings. The zero-order chi connectivity index (χ0) is 12.1. The van der Waals surface area contributed by atoms with Gasteiger partial charge in [0, 0.05) is 6.04 Å². The number of H-pyrrole nitrogens is 1. The van der Waals surface area contributed by atoms with Crippen molar-refractivity contribution in [1.29, 1.82) is 0 Å². The minimum absolute atomic E-state index is 0.418. The van der Waals surface area contributed by atoms with Crippen molar-refractivity contribution in [3.63, 3.8) is 0 Å². The lowest BCUT2D eigenvalue weighted by Crippen LogP contribution is -2.44. The molecule has 2 fully saturated rings. The SMILES string of the molecule is CC1(C)C2CCC1(C)C(NCc1nn[nH]n1)C2. The van der Waals surface area contributed by atoms with Crippen LogP contribution in [0, 0.1) is 16.7 Å². The van der Waals surface area contributed by atoms with Gasteiger partial charge in [-0.05, 0) is 36.0 Å². The number of aromatic nitrogens is 4. The molecule has 0 aliphatic heterocycles. The van der Waals surface area contributed by atoms with Gasteiger partial charge >= 0.3 is 0 Å². The zero-order valence-electron chi connectivity index (χ0n) is 10.8. The number of fused-ring (bicyclic) bond motifs is 2. The molecule has 5 heteroatoms. The molecule has 1 aromatic heterocycles. The molecule has 0 aromatic carbocycles. The zero-order valence-corrected chi connectivity index (χ0v) is 10.8. The van der Waals surface area contributed by atoms with E-state index in [2.05, 4.69) is 46.7 Å². The number of hydrogen-bond acceptors (Lipinski definition) is 4. The van der Waals surface area contributed by atoms with E-state index in [1.54, 1.807) is 0 Å². The van der Waals surface area contributed by atoms with Gasteiger partial charge in [0.05, 0.1) is 6.54 Å². The molecule has 1 heterocycles. The lowest BCUT2D eigenvalue weighted by Gasteiger charge is -2.39. The standard InChI is InChI=1S/C12H21N5/c1-11(2)8-4-5-12(11,3)9(6-8)13-7-10-14-16-17-15-10/h8-9,13H,4-7H2,1-3H3,(H,14,15,16,17). The molecule has 3 unspecified atom stereocenters. The second-order valence-corrected chi connectivity index (χ2v) is 6.37. The smallest absolute Gasteiger partial charge is 0.188 e. The number of aromatic amines is 1. The average Bonchev–Trinajstić information content (AvgIpc) is 2.91. The summed E-state index contributed by atoms with van der Waals surface area (Å²) in [6.45, 7) is 8.02. The van der Waals surface area contributed by atoms with Crippen molar-refractivity contribution in [1.82, 2.24) is 25.9 Å². The topological polar surface area (TPSA) is 66.5 Å². The van der Waals surface area contributed by atoms with Crippen LogP contribution in [-0.2, 0) is 6.54 Å². The molecule has 2 saturated carbocycles. The molecule has 2 aliphatic carbocycles. The van der Waals surface area contributed by atoms with Gasteiger partial charge in [-0.2, -0.15) is 5.21 Å². The Morgan fingerprint density at radius 3 is 2.76 bits per heavy atom. The molecule has 17 heavy (non-hydrogen) atoms. The third-order valence-corrected chi connectivity index (χ3v) is 5.69. The lowest BCUT2D eigenvalue weighted by molar-refractivity contribution is 0.120. The van der Waals surface area contributed by atoms with E-state index in [1.165, 1.54) is 19.3 Å². The summed E-state index contributed by atoms with van der Waals surface area (Å²) < 4.78 is 0. The summed E-state index contributed by atoms with van der Waals surface area (Å²) >= 11 is 0. The van der Waals surface area contributed by atoms with Gasteiger partial charge in [-0.3, -0.25) is 0 Å². The number of nitrogens with one attached hydrogen (secondary N) is 2. The van der Waals surface area contributed by atoms with E-state index >= 15 is 0 Å². The minimum Gasteiger partial charge on any atom is -0.306 e. The van der Waals surface area contributed by atoms with E-state index in [0.29, 0.717) is 16.9 Å². The summed E-state index contributed by atoms with van der Waals surface area (Å²) in [6, 6.07) is 0.592. The summed E-state index contributed by atoms with van der Waals surface area (Å²) in [5, 5.41) is 17.7. The number of tetrazole rings is 1. The molecule has 1 aromatic rings. The first-order valence-corrected chi connectivity index (χ1v) is 6.50. The van der Waals surface area contributed by atoms with Crippen molar-refractivity contribution in [2.24, 2.45) is 16.7 Å². The van der Waals surface area contributed by atoms with E-state index in [-0.39, 0.29) is 0 Å². The van der Waals surface area contributed by atoms with Crippen molar-refractivity contribution in [2.75, 3.05) is 0 Å². The Labute approximate surface area is 102 Å². The van der Waals surface area contributed by atoms with Crippen molar-refractivity contribution >= 4 is 0 Å². The number of nitrogens with zero attached hydrogens (tertiary/aromatic N) is 3. The Balaban J connectivity index is 1.70. The van der Waals surface area contributed by atoms with Crippen LogP contribution in [0.2, 0.25) is 0 Å². The molecular formula is C12H21N5. The molecule has 3 atom stereocenters. The fraction of sp³-hybridized carbons (Fsp3) is 0.917. The Bertz CT molecular complexity index is 399. The highest BCUT2D eigenvalue weighted by Crippen LogP contribution is 2.65. The second kappa shape index (κ2) is 3.51. The van der Waals surface area contributed by atoms with Gasteiger partial charge in [0.1, 0.15) is 0 Å². The van der Waals surface area contributed by atoms with E-state index in [0.717, 1.165) is 18.3 Å². The monoisotopic (exact) mass is 235 g/mol. The first-order chi connectivity index (χ1) is 8.04. The number of hydrogen-bond donors (Lipinski definition) is 2. The molecule has 5 nitrogen and oxygen atoms in total. The normalized spacial score (nSPS) is 38.8. The molecule has 0 radical (unpaired) electrons. The van der Waals surface area contributed by atoms with Gasteiger partial charge in [-0.1, -0.05) is 26.0 Å². The van der Waals surface area contributed by atoms with Crippen molar-refractivity contribution in [3.8, 4) is 0 Å². The Morgan fingerprint density at radius 2 is 2.24 bits per heavy atom. The third-order valence-electron chi connectivity index (χ3n) is 5.69. The van der Waals surface area contributed by atoms with Crippen molar-refractivity contribution in [3.05, 3.63) is 5.82 Å². The minimum atomic E-state index is 0.418. The third kappa shape index (κ3) is 1.44. The summed E-state index contributed by atoms with van der Waals surface area (Å²) in [6.07, 6.45) is 4.03. The van der Waals surface area contributed by atoms with E-state index in [1.807, 2.05) is 0 Å². The fourth-order valence-corrected chi connectivity index (χ4v) is 3.98. The van der Waals surface area contributed by atoms with Crippen LogP contribution in [0.15, 0.2) is 0 Å². The maximum Gasteiger partial charge on any atom is 0.188 e. The molecule has 0 saturated heterocycles. The molecule has 3 rings (SSSR count). The second-order valence-electron chi connectivity index (χ2n) is 6.37. The molecule has 2 N–H and O–H groups in total. The summed E-state index contributed by atoms with van der Waals surface area (Å²) in [4.78, 5) is 0. The van der Waals surface area contributed by atoms with Crippen LogP contribution in [-0.4, -0.2) is 26.7 Å². The van der Waals surface area contributed by atoms with Crippen LogP contribution >= 0.6 is 0 Å². The molecule has 94 valence electrons. The quantitative estimate of drug-likeness (QED) is 0.833. The average molecular weight is 235 g/mol. The first kappa shape index (κ1) is 11.1. The first-order valence-electron chi connectivity index (χ1n) is 6.50. The van der Waals surface area contributed by atoms with E-state index < -0.39 is 0 Å². The van der Waals surface area contributed by atoms with Crippen LogP contribution in [0.3, 0.4) is 0 Å². The summed E-state index contributed by atoms with van der Waals surface area (Å²) in [5.41, 5.74) is 0.878. The van der Waals surface area contributed by atoms with Crippen molar-refractivity contribution in [2.45, 2.75) is 52.6 Å². The predicted octanol–water partition coefficient (Wildman–Crippen LogP) is 1.50. The number of rotatable bonds is 3. The van der Waals surface area contributed by atoms with Gasteiger partial charge in [0.2, 0.25) is 0 Å². The van der Waals surface area contributed by atoms with Gasteiger partial charge in [0.15, 0.2) is 5.82 Å². The van der Waals surface area contributed by atoms with Crippen LogP contribution in [0.1, 0.15) is 45.9 Å². The van der Waals surface area contributed by atoms with Crippen molar-refractivity contribution < 1.29 is 0 Å². The largest absolute Gasteiger partial charge is 0.306 e.